The number of fused-ring (bicyclic) bond motifs is 9. The van der Waals surface area contributed by atoms with Gasteiger partial charge in [0.1, 0.15) is 22.3 Å². The van der Waals surface area contributed by atoms with Gasteiger partial charge in [0, 0.05) is 47.3 Å². The topological polar surface area (TPSA) is 62.4 Å². The van der Waals surface area contributed by atoms with Gasteiger partial charge in [0.25, 0.3) is 0 Å². The number of para-hydroxylation sites is 2. The van der Waals surface area contributed by atoms with Crippen molar-refractivity contribution in [2.45, 2.75) is 18.5 Å². The molecule has 3 aromatic heterocycles. The number of hydrogen-bond donors (Lipinski definition) is 3. The largest absolute Gasteiger partial charge is 0.456 e. The molecule has 244 valence electrons. The Hall–Kier alpha value is -5.76. The number of rotatable bonds is 4. The Balaban J connectivity index is 0.994. The summed E-state index contributed by atoms with van der Waals surface area (Å²) in [6, 6.07) is 53.8. The van der Waals surface area contributed by atoms with Crippen molar-refractivity contribution in [3.05, 3.63) is 168 Å². The smallest absolute Gasteiger partial charge is 0.141 e. The first-order chi connectivity index (χ1) is 25.2. The van der Waals surface area contributed by atoms with E-state index in [0.29, 0.717) is 0 Å². The van der Waals surface area contributed by atoms with Gasteiger partial charge >= 0.3 is 0 Å². The molecule has 0 saturated carbocycles. The molecule has 10 aromatic rings. The molecule has 6 heteroatoms. The third kappa shape index (κ3) is 4.73. The summed E-state index contributed by atoms with van der Waals surface area (Å²) in [7, 11) is 0. The van der Waals surface area contributed by atoms with Crippen molar-refractivity contribution in [3.8, 4) is 11.1 Å². The first-order valence-corrected chi connectivity index (χ1v) is 18.2. The van der Waals surface area contributed by atoms with Crippen LogP contribution in [0.4, 0.5) is 0 Å². The minimum Gasteiger partial charge on any atom is -0.456 e. The average molecular weight is 678 g/mol. The summed E-state index contributed by atoms with van der Waals surface area (Å²) in [4.78, 5) is 0. The predicted molar refractivity (Wildman–Crippen MR) is 210 cm³/mol. The quantitative estimate of drug-likeness (QED) is 0.173. The van der Waals surface area contributed by atoms with E-state index in [-0.39, 0.29) is 18.5 Å². The van der Waals surface area contributed by atoms with Crippen molar-refractivity contribution in [2.24, 2.45) is 0 Å². The summed E-state index contributed by atoms with van der Waals surface area (Å²) in [5, 5.41) is 18.7. The Morgan fingerprint density at radius 3 is 1.98 bits per heavy atom. The van der Waals surface area contributed by atoms with E-state index in [4.69, 9.17) is 8.83 Å². The normalized spacial score (nSPS) is 18.2. The van der Waals surface area contributed by atoms with Crippen LogP contribution >= 0.6 is 11.3 Å². The highest BCUT2D eigenvalue weighted by molar-refractivity contribution is 7.25. The van der Waals surface area contributed by atoms with Gasteiger partial charge in [0.05, 0.1) is 18.5 Å². The fourth-order valence-corrected chi connectivity index (χ4v) is 9.06. The summed E-state index contributed by atoms with van der Waals surface area (Å²) in [5.74, 6) is 0. The highest BCUT2D eigenvalue weighted by atomic mass is 32.1. The summed E-state index contributed by atoms with van der Waals surface area (Å²) in [6.45, 7) is 0. The van der Waals surface area contributed by atoms with Crippen LogP contribution in [-0.4, -0.2) is 0 Å². The zero-order valence-electron chi connectivity index (χ0n) is 27.4. The van der Waals surface area contributed by atoms with Crippen molar-refractivity contribution in [1.82, 2.24) is 16.0 Å². The molecule has 1 aliphatic heterocycles. The van der Waals surface area contributed by atoms with Crippen molar-refractivity contribution in [3.63, 3.8) is 0 Å². The number of benzene rings is 7. The number of nitrogens with one attached hydrogen (secondary N) is 3. The van der Waals surface area contributed by atoms with E-state index in [1.54, 1.807) is 0 Å². The fourth-order valence-electron chi connectivity index (χ4n) is 7.91. The minimum atomic E-state index is -0.182. The SMILES string of the molecule is c1ccc(C2NC(c3ccc4c(c3)sc3ccccc34)NC(c3cccc4c3oc3ccc(-c5ccc6c(c5)oc5ccccc56)cc34)N2)cc1. The molecule has 4 heterocycles. The molecule has 0 aliphatic carbocycles. The van der Waals surface area contributed by atoms with Crippen LogP contribution in [0.3, 0.4) is 0 Å². The van der Waals surface area contributed by atoms with E-state index in [2.05, 4.69) is 155 Å². The van der Waals surface area contributed by atoms with Crippen LogP contribution < -0.4 is 16.0 Å². The monoisotopic (exact) mass is 677 g/mol. The molecule has 0 bridgehead atoms. The van der Waals surface area contributed by atoms with Gasteiger partial charge in [-0.15, -0.1) is 11.3 Å². The molecular weight excluding hydrogens is 647 g/mol. The van der Waals surface area contributed by atoms with Crippen molar-refractivity contribution >= 4 is 75.4 Å². The van der Waals surface area contributed by atoms with E-state index >= 15 is 0 Å². The van der Waals surface area contributed by atoms with Gasteiger partial charge in [-0.05, 0) is 64.7 Å². The zero-order chi connectivity index (χ0) is 33.5. The molecule has 0 spiro atoms. The van der Waals surface area contributed by atoms with Gasteiger partial charge < -0.3 is 8.83 Å². The van der Waals surface area contributed by atoms with Gasteiger partial charge in [-0.3, -0.25) is 16.0 Å². The Bertz CT molecular complexity index is 2940. The van der Waals surface area contributed by atoms with Gasteiger partial charge in [0.2, 0.25) is 0 Å². The second-order valence-electron chi connectivity index (χ2n) is 13.4. The summed E-state index contributed by atoms with van der Waals surface area (Å²) >= 11 is 1.85. The summed E-state index contributed by atoms with van der Waals surface area (Å²) < 4.78 is 15.5. The van der Waals surface area contributed by atoms with Crippen LogP contribution in [0.1, 0.15) is 35.2 Å². The molecule has 0 amide bonds. The standard InChI is InChI=1S/C45H31N3O2S/c1-2-9-26(10-3-1)43-46-44(29-18-21-33-32-12-5-7-16-40(32)51-41(33)25-29)48-45(47-43)35-14-8-13-34-36-23-27(19-22-38(36)50-42(34)35)28-17-20-31-30-11-4-6-15-37(30)49-39(31)24-28/h1-25,43-48H. The van der Waals surface area contributed by atoms with Crippen LogP contribution in [0.5, 0.6) is 0 Å². The van der Waals surface area contributed by atoms with Crippen LogP contribution in [-0.2, 0) is 0 Å². The maximum absolute atomic E-state index is 6.69. The Kier molecular flexibility index (Phi) is 6.48. The zero-order valence-corrected chi connectivity index (χ0v) is 28.2. The highest BCUT2D eigenvalue weighted by Gasteiger charge is 2.31. The van der Waals surface area contributed by atoms with E-state index in [1.807, 2.05) is 23.5 Å². The van der Waals surface area contributed by atoms with Crippen LogP contribution in [0.15, 0.2) is 160 Å². The first kappa shape index (κ1) is 29.0. The van der Waals surface area contributed by atoms with Gasteiger partial charge in [0.15, 0.2) is 0 Å². The lowest BCUT2D eigenvalue weighted by molar-refractivity contribution is 0.203. The molecule has 51 heavy (non-hydrogen) atoms. The maximum atomic E-state index is 6.69. The molecule has 1 aliphatic rings. The van der Waals surface area contributed by atoms with E-state index in [9.17, 15) is 0 Å². The molecule has 1 fully saturated rings. The highest BCUT2D eigenvalue weighted by Crippen LogP contribution is 2.40. The Morgan fingerprint density at radius 1 is 0.392 bits per heavy atom. The second kappa shape index (κ2) is 11.4. The lowest BCUT2D eigenvalue weighted by atomic mass is 10.00. The molecule has 7 aromatic carbocycles. The van der Waals surface area contributed by atoms with Crippen LogP contribution in [0.2, 0.25) is 0 Å². The first-order valence-electron chi connectivity index (χ1n) is 17.3. The van der Waals surface area contributed by atoms with Crippen LogP contribution in [0, 0.1) is 0 Å². The lowest BCUT2D eigenvalue weighted by Gasteiger charge is -2.39. The maximum Gasteiger partial charge on any atom is 0.141 e. The molecule has 0 radical (unpaired) electrons. The van der Waals surface area contributed by atoms with E-state index in [0.717, 1.165) is 60.6 Å². The summed E-state index contributed by atoms with van der Waals surface area (Å²) in [5.41, 5.74) is 9.24. The molecular formula is C45H31N3O2S. The molecule has 1 saturated heterocycles. The van der Waals surface area contributed by atoms with Crippen molar-refractivity contribution in [2.75, 3.05) is 0 Å². The molecule has 5 nitrogen and oxygen atoms in total. The van der Waals surface area contributed by atoms with Crippen molar-refractivity contribution < 1.29 is 8.83 Å². The molecule has 3 atom stereocenters. The lowest BCUT2D eigenvalue weighted by Crippen LogP contribution is -2.54. The Morgan fingerprint density at radius 2 is 1.06 bits per heavy atom. The van der Waals surface area contributed by atoms with Crippen molar-refractivity contribution in [1.29, 1.82) is 0 Å². The summed E-state index contributed by atoms with van der Waals surface area (Å²) in [6.07, 6.45) is -0.366. The van der Waals surface area contributed by atoms with Gasteiger partial charge in [-0.1, -0.05) is 109 Å². The van der Waals surface area contributed by atoms with Gasteiger partial charge in [-0.2, -0.15) is 0 Å². The predicted octanol–water partition coefficient (Wildman–Crippen LogP) is 11.7. The third-order valence-corrected chi connectivity index (χ3v) is 11.6. The molecule has 3 N–H and O–H groups in total. The number of furan rings is 2. The average Bonchev–Trinajstić information content (AvgIpc) is 3.88. The number of hydrogen-bond acceptors (Lipinski definition) is 6. The molecule has 11 rings (SSSR count). The second-order valence-corrected chi connectivity index (χ2v) is 14.5. The van der Waals surface area contributed by atoms with Crippen LogP contribution in [0.25, 0.3) is 75.2 Å². The van der Waals surface area contributed by atoms with E-state index < -0.39 is 0 Å². The van der Waals surface area contributed by atoms with E-state index in [1.165, 1.54) is 31.3 Å². The molecule has 3 unspecified atom stereocenters. The fraction of sp³-hybridized carbons (Fsp3) is 0.0667. The van der Waals surface area contributed by atoms with Gasteiger partial charge in [-0.25, -0.2) is 0 Å². The number of thiophene rings is 1. The Labute approximate surface area is 297 Å². The minimum absolute atomic E-state index is 0.0834. The third-order valence-electron chi connectivity index (χ3n) is 10.4.